The first-order chi connectivity index (χ1) is 4.79. The molecule has 2 rings (SSSR count). The number of likely N-dealkylation sites (N-methyl/N-ethyl adjacent to an activating group) is 1. The van der Waals surface area contributed by atoms with Gasteiger partial charge in [0.15, 0.2) is 0 Å². The molecule has 0 saturated heterocycles. The van der Waals surface area contributed by atoms with Gasteiger partial charge in [-0.15, -0.1) is 0 Å². The average molecular weight is 138 g/mol. The normalized spacial score (nSPS) is 50.6. The van der Waals surface area contributed by atoms with Gasteiger partial charge in [0.2, 0.25) is 0 Å². The second-order valence-electron chi connectivity index (χ2n) is 3.35. The minimum atomic E-state index is 0.0208. The fourth-order valence-corrected chi connectivity index (χ4v) is 2.16. The number of rotatable bonds is 1. The topological polar surface area (TPSA) is 38.0 Å². The quantitative estimate of drug-likeness (QED) is 0.510. The highest BCUT2D eigenvalue weighted by Gasteiger charge is 2.59. The van der Waals surface area contributed by atoms with Crippen molar-refractivity contribution >= 4 is 0 Å². The predicted octanol–water partition coefficient (Wildman–Crippen LogP) is 0.252. The monoisotopic (exact) mass is 138 g/mol. The maximum absolute atomic E-state index is 6.06. The molecule has 3 N–H and O–H groups in total. The Labute approximate surface area is 61.5 Å². The highest BCUT2D eigenvalue weighted by Crippen LogP contribution is 2.48. The highest BCUT2D eigenvalue weighted by atomic mass is 15.1. The van der Waals surface area contributed by atoms with Gasteiger partial charge in [-0.2, -0.15) is 0 Å². The smallest absolute Gasteiger partial charge is 0.0542 e. The van der Waals surface area contributed by atoms with Gasteiger partial charge >= 0.3 is 0 Å². The molecular weight excluding hydrogens is 124 g/mol. The Hall–Kier alpha value is -0.340. The van der Waals surface area contributed by atoms with Gasteiger partial charge in [-0.25, -0.2) is 0 Å². The molecule has 0 aromatic carbocycles. The first-order valence-corrected chi connectivity index (χ1v) is 3.93. The molecule has 0 heterocycles. The number of allylic oxidation sites excluding steroid dienone is 1. The van der Waals surface area contributed by atoms with E-state index in [4.69, 9.17) is 5.73 Å². The SMILES string of the molecule is CN[C@@H]1[C@@H]2CCC=CC12N. The Morgan fingerprint density at radius 2 is 2.50 bits per heavy atom. The summed E-state index contributed by atoms with van der Waals surface area (Å²) >= 11 is 0. The first kappa shape index (κ1) is 6.38. The second kappa shape index (κ2) is 1.83. The summed E-state index contributed by atoms with van der Waals surface area (Å²) in [6, 6.07) is 0.547. The van der Waals surface area contributed by atoms with Crippen LogP contribution in [0.4, 0.5) is 0 Å². The van der Waals surface area contributed by atoms with E-state index >= 15 is 0 Å². The molecule has 0 spiro atoms. The van der Waals surface area contributed by atoms with Crippen molar-refractivity contribution in [3.8, 4) is 0 Å². The molecule has 3 atom stereocenters. The molecule has 1 saturated carbocycles. The van der Waals surface area contributed by atoms with E-state index in [0.29, 0.717) is 12.0 Å². The van der Waals surface area contributed by atoms with Crippen LogP contribution in [0.15, 0.2) is 12.2 Å². The van der Waals surface area contributed by atoms with E-state index in [9.17, 15) is 0 Å². The van der Waals surface area contributed by atoms with Gasteiger partial charge < -0.3 is 11.1 Å². The fraction of sp³-hybridized carbons (Fsp3) is 0.750. The predicted molar refractivity (Wildman–Crippen MR) is 41.6 cm³/mol. The molecule has 0 aromatic heterocycles. The lowest BCUT2D eigenvalue weighted by Gasteiger charge is -2.08. The van der Waals surface area contributed by atoms with Crippen molar-refractivity contribution in [2.24, 2.45) is 11.7 Å². The Balaban J connectivity index is 2.16. The Kier molecular flexibility index (Phi) is 1.17. The molecule has 0 aliphatic heterocycles. The van der Waals surface area contributed by atoms with Crippen molar-refractivity contribution in [1.29, 1.82) is 0 Å². The van der Waals surface area contributed by atoms with Crippen molar-refractivity contribution < 1.29 is 0 Å². The summed E-state index contributed by atoms with van der Waals surface area (Å²) in [5.41, 5.74) is 6.08. The summed E-state index contributed by atoms with van der Waals surface area (Å²) < 4.78 is 0. The molecule has 56 valence electrons. The van der Waals surface area contributed by atoms with Crippen molar-refractivity contribution in [1.82, 2.24) is 5.32 Å². The fourth-order valence-electron chi connectivity index (χ4n) is 2.16. The highest BCUT2D eigenvalue weighted by molar-refractivity contribution is 5.32. The largest absolute Gasteiger partial charge is 0.320 e. The van der Waals surface area contributed by atoms with E-state index in [1.54, 1.807) is 0 Å². The molecule has 1 fully saturated rings. The Morgan fingerprint density at radius 3 is 3.00 bits per heavy atom. The van der Waals surface area contributed by atoms with Gasteiger partial charge in [0.25, 0.3) is 0 Å². The summed E-state index contributed by atoms with van der Waals surface area (Å²) in [5.74, 6) is 0.711. The molecule has 10 heavy (non-hydrogen) atoms. The zero-order valence-electron chi connectivity index (χ0n) is 6.30. The van der Waals surface area contributed by atoms with Gasteiger partial charge in [-0.1, -0.05) is 12.2 Å². The van der Waals surface area contributed by atoms with Gasteiger partial charge in [0.1, 0.15) is 0 Å². The van der Waals surface area contributed by atoms with Crippen LogP contribution in [0.1, 0.15) is 12.8 Å². The molecule has 2 aliphatic rings. The summed E-state index contributed by atoms with van der Waals surface area (Å²) in [6.07, 6.45) is 6.84. The van der Waals surface area contributed by atoms with E-state index in [-0.39, 0.29) is 5.54 Å². The lowest BCUT2D eigenvalue weighted by molar-refractivity contribution is 0.622. The first-order valence-electron chi connectivity index (χ1n) is 3.93. The van der Waals surface area contributed by atoms with Crippen molar-refractivity contribution in [3.63, 3.8) is 0 Å². The summed E-state index contributed by atoms with van der Waals surface area (Å²) in [6.45, 7) is 0. The number of hydrogen-bond acceptors (Lipinski definition) is 2. The molecule has 2 aliphatic carbocycles. The van der Waals surface area contributed by atoms with Crippen molar-refractivity contribution in [2.75, 3.05) is 7.05 Å². The zero-order valence-corrected chi connectivity index (χ0v) is 6.30. The molecule has 0 bridgehead atoms. The average Bonchev–Trinajstić information content (AvgIpc) is 2.54. The standard InChI is InChI=1S/C8H14N2/c1-10-7-6-4-2-3-5-8(6,7)9/h3,5-7,10H,2,4,9H2,1H3/t6-,7+,8?/m0/s1. The van der Waals surface area contributed by atoms with E-state index < -0.39 is 0 Å². The summed E-state index contributed by atoms with van der Waals surface area (Å²) in [7, 11) is 1.99. The maximum atomic E-state index is 6.06. The van der Waals surface area contributed by atoms with Gasteiger partial charge in [0, 0.05) is 6.04 Å². The van der Waals surface area contributed by atoms with Crippen LogP contribution < -0.4 is 11.1 Å². The third-order valence-electron chi connectivity index (χ3n) is 2.84. The van der Waals surface area contributed by atoms with Crippen molar-refractivity contribution in [3.05, 3.63) is 12.2 Å². The zero-order chi connectivity index (χ0) is 7.19. The van der Waals surface area contributed by atoms with E-state index in [0.717, 1.165) is 0 Å². The Morgan fingerprint density at radius 1 is 1.70 bits per heavy atom. The molecular formula is C8H14N2. The summed E-state index contributed by atoms with van der Waals surface area (Å²) in [5, 5.41) is 3.25. The van der Waals surface area contributed by atoms with Crippen LogP contribution in [0, 0.1) is 5.92 Å². The molecule has 0 amide bonds. The van der Waals surface area contributed by atoms with Crippen LogP contribution in [0.2, 0.25) is 0 Å². The maximum Gasteiger partial charge on any atom is 0.0542 e. The van der Waals surface area contributed by atoms with Crippen LogP contribution in [0.3, 0.4) is 0 Å². The van der Waals surface area contributed by atoms with Gasteiger partial charge in [-0.05, 0) is 25.8 Å². The van der Waals surface area contributed by atoms with E-state index in [1.165, 1.54) is 12.8 Å². The Bertz CT molecular complexity index is 170. The molecule has 2 heteroatoms. The molecule has 2 nitrogen and oxygen atoms in total. The number of nitrogens with one attached hydrogen (secondary N) is 1. The minimum Gasteiger partial charge on any atom is -0.320 e. The number of nitrogens with two attached hydrogens (primary N) is 1. The van der Waals surface area contributed by atoms with E-state index in [1.807, 2.05) is 7.05 Å². The molecule has 0 radical (unpaired) electrons. The molecule has 1 unspecified atom stereocenters. The summed E-state index contributed by atoms with van der Waals surface area (Å²) in [4.78, 5) is 0. The van der Waals surface area contributed by atoms with Crippen LogP contribution in [-0.2, 0) is 0 Å². The second-order valence-corrected chi connectivity index (χ2v) is 3.35. The third kappa shape index (κ3) is 0.607. The minimum absolute atomic E-state index is 0.0208. The molecule has 0 aromatic rings. The van der Waals surface area contributed by atoms with E-state index in [2.05, 4.69) is 17.5 Å². The lowest BCUT2D eigenvalue weighted by Crippen LogP contribution is -2.30. The number of hydrogen-bond donors (Lipinski definition) is 2. The third-order valence-corrected chi connectivity index (χ3v) is 2.84. The number of fused-ring (bicyclic) bond motifs is 1. The van der Waals surface area contributed by atoms with Crippen LogP contribution in [-0.4, -0.2) is 18.6 Å². The lowest BCUT2D eigenvalue weighted by atomic mass is 10.0. The van der Waals surface area contributed by atoms with Crippen LogP contribution in [0.5, 0.6) is 0 Å². The van der Waals surface area contributed by atoms with Gasteiger partial charge in [0.05, 0.1) is 5.54 Å². The van der Waals surface area contributed by atoms with Crippen LogP contribution >= 0.6 is 0 Å². The van der Waals surface area contributed by atoms with Gasteiger partial charge in [-0.3, -0.25) is 0 Å². The van der Waals surface area contributed by atoms with Crippen molar-refractivity contribution in [2.45, 2.75) is 24.4 Å². The van der Waals surface area contributed by atoms with Crippen LogP contribution in [0.25, 0.3) is 0 Å².